The van der Waals surface area contributed by atoms with Crippen molar-refractivity contribution in [2.75, 3.05) is 25.0 Å². The van der Waals surface area contributed by atoms with Crippen LogP contribution in [0.1, 0.15) is 38.2 Å². The van der Waals surface area contributed by atoms with Gasteiger partial charge in [0.05, 0.1) is 6.33 Å². The van der Waals surface area contributed by atoms with Gasteiger partial charge in [-0.1, -0.05) is 20.8 Å². The Balaban J connectivity index is 1.69. The fraction of sp³-hybridized carbons (Fsp3) is 0.625. The number of aryl methyl sites for hydroxylation is 1. The summed E-state index contributed by atoms with van der Waals surface area (Å²) in [6.45, 7) is 7.18. The molecule has 9 heteroatoms. The lowest BCUT2D eigenvalue weighted by Gasteiger charge is -2.16. The third kappa shape index (κ3) is 3.67. The lowest BCUT2D eigenvalue weighted by Crippen LogP contribution is -2.33. The van der Waals surface area contributed by atoms with Gasteiger partial charge in [0.2, 0.25) is 5.13 Å². The van der Waals surface area contributed by atoms with Gasteiger partial charge in [0.15, 0.2) is 0 Å². The van der Waals surface area contributed by atoms with Crippen LogP contribution in [0.5, 0.6) is 0 Å². The molecule has 2 aromatic rings. The van der Waals surface area contributed by atoms with Gasteiger partial charge in [-0.15, -0.1) is 0 Å². The van der Waals surface area contributed by atoms with Crippen LogP contribution < -0.4 is 5.32 Å². The Morgan fingerprint density at radius 1 is 1.44 bits per heavy atom. The Labute approximate surface area is 151 Å². The van der Waals surface area contributed by atoms with Crippen molar-refractivity contribution < 1.29 is 9.90 Å². The van der Waals surface area contributed by atoms with Crippen molar-refractivity contribution >= 4 is 22.7 Å². The summed E-state index contributed by atoms with van der Waals surface area (Å²) in [5.41, 5.74) is 0.875. The van der Waals surface area contributed by atoms with E-state index in [1.54, 1.807) is 17.4 Å². The van der Waals surface area contributed by atoms with Crippen LogP contribution in [0.4, 0.5) is 9.93 Å². The number of likely N-dealkylation sites (tertiary alicyclic amines) is 1. The first kappa shape index (κ1) is 17.8. The average Bonchev–Trinajstić information content (AvgIpc) is 3.24. The number of rotatable bonds is 3. The Hall–Kier alpha value is -2.00. The molecule has 1 saturated heterocycles. The van der Waals surface area contributed by atoms with Crippen molar-refractivity contribution in [2.24, 2.45) is 13.0 Å². The number of amides is 2. The number of carbonyl (C=O) groups is 1. The summed E-state index contributed by atoms with van der Waals surface area (Å²) >= 11 is 1.19. The van der Waals surface area contributed by atoms with E-state index in [2.05, 4.69) is 19.7 Å². The Morgan fingerprint density at radius 3 is 2.76 bits per heavy atom. The van der Waals surface area contributed by atoms with Gasteiger partial charge >= 0.3 is 6.03 Å². The number of nitrogens with zero attached hydrogens (tertiary/aromatic N) is 5. The molecule has 0 bridgehead atoms. The minimum atomic E-state index is -0.209. The van der Waals surface area contributed by atoms with Crippen LogP contribution in [0.15, 0.2) is 12.5 Å². The summed E-state index contributed by atoms with van der Waals surface area (Å²) in [5, 5.41) is 13.0. The van der Waals surface area contributed by atoms with Crippen LogP contribution in [-0.2, 0) is 12.5 Å². The molecular weight excluding hydrogens is 340 g/mol. The number of hydrogen-bond acceptors (Lipinski definition) is 6. The molecule has 2 N–H and O–H groups in total. The molecule has 1 aliphatic heterocycles. The monoisotopic (exact) mass is 364 g/mol. The third-order valence-corrected chi connectivity index (χ3v) is 5.14. The van der Waals surface area contributed by atoms with Crippen LogP contribution in [0.2, 0.25) is 0 Å². The van der Waals surface area contributed by atoms with Gasteiger partial charge in [-0.2, -0.15) is 4.37 Å². The number of nitrogens with one attached hydrogen (secondary N) is 1. The molecule has 0 spiro atoms. The SMILES string of the molecule is Cn1cncc1[C@@H]1CN(C(=O)Nc2nc(C(C)(C)C)ns2)C[C@H]1CO. The molecule has 136 valence electrons. The standard InChI is InChI=1S/C16H24N6O2S/c1-16(2,3)13-18-14(25-20-13)19-15(24)22-6-10(8-23)11(7-22)12-5-17-9-21(12)4/h5,9-11,23H,6-8H2,1-4H3,(H,18,19,20,24)/t10-,11+/m0/s1. The molecular formula is C16H24N6O2S. The van der Waals surface area contributed by atoms with E-state index in [9.17, 15) is 9.90 Å². The second-order valence-corrected chi connectivity index (χ2v) is 8.24. The second kappa shape index (κ2) is 6.72. The van der Waals surface area contributed by atoms with E-state index in [-0.39, 0.29) is 29.9 Å². The Morgan fingerprint density at radius 2 is 2.20 bits per heavy atom. The number of carbonyl (C=O) groups excluding carboxylic acids is 1. The summed E-state index contributed by atoms with van der Waals surface area (Å²) in [6.07, 6.45) is 3.54. The number of aromatic nitrogens is 4. The predicted molar refractivity (Wildman–Crippen MR) is 95.7 cm³/mol. The zero-order valence-corrected chi connectivity index (χ0v) is 15.7. The third-order valence-electron chi connectivity index (χ3n) is 4.51. The van der Waals surface area contributed by atoms with E-state index in [1.807, 2.05) is 32.4 Å². The summed E-state index contributed by atoms with van der Waals surface area (Å²) in [4.78, 5) is 22.8. The largest absolute Gasteiger partial charge is 0.396 e. The van der Waals surface area contributed by atoms with Crippen molar-refractivity contribution in [1.82, 2.24) is 23.8 Å². The van der Waals surface area contributed by atoms with Gasteiger partial charge in [-0.25, -0.2) is 14.8 Å². The second-order valence-electron chi connectivity index (χ2n) is 7.49. The minimum absolute atomic E-state index is 0.000654. The maximum absolute atomic E-state index is 12.6. The van der Waals surface area contributed by atoms with E-state index in [4.69, 9.17) is 0 Å². The van der Waals surface area contributed by atoms with Crippen LogP contribution in [0.25, 0.3) is 0 Å². The molecule has 2 atom stereocenters. The molecule has 2 amide bonds. The molecule has 1 fully saturated rings. The first-order chi connectivity index (χ1) is 11.8. The predicted octanol–water partition coefficient (Wildman–Crippen LogP) is 1.81. The molecule has 0 unspecified atom stereocenters. The topological polar surface area (TPSA) is 96.2 Å². The van der Waals surface area contributed by atoms with Gasteiger partial charge in [-0.3, -0.25) is 5.32 Å². The smallest absolute Gasteiger partial charge is 0.323 e. The first-order valence-corrected chi connectivity index (χ1v) is 9.04. The number of aliphatic hydroxyl groups is 1. The van der Waals surface area contributed by atoms with E-state index in [1.165, 1.54) is 11.5 Å². The van der Waals surface area contributed by atoms with Gasteiger partial charge in [0, 0.05) is 67.4 Å². The molecule has 8 nitrogen and oxygen atoms in total. The number of hydrogen-bond donors (Lipinski definition) is 2. The van der Waals surface area contributed by atoms with Crippen molar-refractivity contribution in [3.63, 3.8) is 0 Å². The summed E-state index contributed by atoms with van der Waals surface area (Å²) in [6, 6.07) is -0.209. The Bertz CT molecular complexity index is 750. The zero-order chi connectivity index (χ0) is 18.2. The van der Waals surface area contributed by atoms with E-state index in [0.29, 0.717) is 18.2 Å². The molecule has 0 radical (unpaired) electrons. The summed E-state index contributed by atoms with van der Waals surface area (Å²) < 4.78 is 6.25. The highest BCUT2D eigenvalue weighted by molar-refractivity contribution is 7.09. The summed E-state index contributed by atoms with van der Waals surface area (Å²) in [5.74, 6) is 0.790. The number of imidazole rings is 1. The maximum atomic E-state index is 12.6. The molecule has 25 heavy (non-hydrogen) atoms. The van der Waals surface area contributed by atoms with Crippen LogP contribution in [-0.4, -0.2) is 54.6 Å². The molecule has 0 aliphatic carbocycles. The molecule has 1 aliphatic rings. The number of urea groups is 1. The minimum Gasteiger partial charge on any atom is -0.396 e. The van der Waals surface area contributed by atoms with Crippen molar-refractivity contribution in [2.45, 2.75) is 32.1 Å². The van der Waals surface area contributed by atoms with E-state index in [0.717, 1.165) is 11.5 Å². The molecule has 3 heterocycles. The van der Waals surface area contributed by atoms with Gasteiger partial charge in [-0.05, 0) is 0 Å². The number of anilines is 1. The summed E-state index contributed by atoms with van der Waals surface area (Å²) in [7, 11) is 1.93. The van der Waals surface area contributed by atoms with Crippen LogP contribution >= 0.6 is 11.5 Å². The fourth-order valence-corrected chi connectivity index (χ4v) is 3.78. The fourth-order valence-electron chi connectivity index (χ4n) is 3.03. The van der Waals surface area contributed by atoms with Crippen LogP contribution in [0.3, 0.4) is 0 Å². The average molecular weight is 364 g/mol. The lowest BCUT2D eigenvalue weighted by atomic mass is 9.94. The molecule has 0 aromatic carbocycles. The highest BCUT2D eigenvalue weighted by Gasteiger charge is 2.37. The van der Waals surface area contributed by atoms with Gasteiger partial charge in [0.25, 0.3) is 0 Å². The van der Waals surface area contributed by atoms with E-state index >= 15 is 0 Å². The zero-order valence-electron chi connectivity index (χ0n) is 14.9. The van der Waals surface area contributed by atoms with Crippen molar-refractivity contribution in [3.05, 3.63) is 24.0 Å². The quantitative estimate of drug-likeness (QED) is 0.866. The van der Waals surface area contributed by atoms with Crippen LogP contribution in [0, 0.1) is 5.92 Å². The molecule has 3 rings (SSSR count). The lowest BCUT2D eigenvalue weighted by molar-refractivity contribution is 0.206. The maximum Gasteiger partial charge on any atom is 0.323 e. The first-order valence-electron chi connectivity index (χ1n) is 8.26. The highest BCUT2D eigenvalue weighted by atomic mass is 32.1. The van der Waals surface area contributed by atoms with Gasteiger partial charge in [0.1, 0.15) is 5.82 Å². The van der Waals surface area contributed by atoms with Crippen molar-refractivity contribution in [3.8, 4) is 0 Å². The van der Waals surface area contributed by atoms with E-state index < -0.39 is 0 Å². The normalized spacial score (nSPS) is 20.9. The highest BCUT2D eigenvalue weighted by Crippen LogP contribution is 2.32. The number of aliphatic hydroxyl groups excluding tert-OH is 1. The Kier molecular flexibility index (Phi) is 4.79. The molecule has 0 saturated carbocycles. The van der Waals surface area contributed by atoms with Crippen molar-refractivity contribution in [1.29, 1.82) is 0 Å². The van der Waals surface area contributed by atoms with Gasteiger partial charge < -0.3 is 14.6 Å². The molecule has 2 aromatic heterocycles.